The number of rotatable bonds is 3. The summed E-state index contributed by atoms with van der Waals surface area (Å²) in [4.78, 5) is 6.73. The SMILES string of the molecule is CC1OB(c2cncc(CN3CCOCC3)c2)OC1(C)C. The molecule has 0 radical (unpaired) electrons. The van der Waals surface area contributed by atoms with Crippen molar-refractivity contribution in [3.63, 3.8) is 0 Å². The van der Waals surface area contributed by atoms with Crippen molar-refractivity contribution in [2.75, 3.05) is 26.3 Å². The molecule has 5 nitrogen and oxygen atoms in total. The molecule has 2 fully saturated rings. The first-order valence-corrected chi connectivity index (χ1v) is 7.62. The van der Waals surface area contributed by atoms with Gasteiger partial charge in [-0.05, 0) is 26.3 Å². The third-order valence-electron chi connectivity index (χ3n) is 4.32. The number of ether oxygens (including phenoxy) is 1. The third kappa shape index (κ3) is 3.45. The Bertz CT molecular complexity index is 492. The first-order valence-electron chi connectivity index (χ1n) is 7.62. The minimum absolute atomic E-state index is 0.0744. The van der Waals surface area contributed by atoms with Gasteiger partial charge in [0.05, 0.1) is 24.9 Å². The Balaban J connectivity index is 1.68. The normalized spacial score (nSPS) is 26.2. The molecule has 0 saturated carbocycles. The van der Waals surface area contributed by atoms with E-state index in [1.807, 2.05) is 19.3 Å². The van der Waals surface area contributed by atoms with Gasteiger partial charge in [-0.3, -0.25) is 9.88 Å². The van der Waals surface area contributed by atoms with E-state index < -0.39 is 0 Å². The lowest BCUT2D eigenvalue weighted by Gasteiger charge is -2.26. The molecule has 1 aromatic heterocycles. The quantitative estimate of drug-likeness (QED) is 0.771. The Morgan fingerprint density at radius 2 is 2.10 bits per heavy atom. The van der Waals surface area contributed by atoms with Crippen molar-refractivity contribution in [3.8, 4) is 0 Å². The van der Waals surface area contributed by atoms with Crippen LogP contribution in [-0.2, 0) is 20.6 Å². The van der Waals surface area contributed by atoms with Gasteiger partial charge in [0, 0.05) is 37.5 Å². The van der Waals surface area contributed by atoms with Crippen molar-refractivity contribution >= 4 is 12.6 Å². The van der Waals surface area contributed by atoms with Crippen LogP contribution < -0.4 is 5.46 Å². The zero-order chi connectivity index (χ0) is 14.9. The molecule has 2 aliphatic heterocycles. The van der Waals surface area contributed by atoms with Crippen molar-refractivity contribution < 1.29 is 14.0 Å². The van der Waals surface area contributed by atoms with Gasteiger partial charge in [0.2, 0.25) is 0 Å². The number of nitrogens with zero attached hydrogens (tertiary/aromatic N) is 2. The van der Waals surface area contributed by atoms with E-state index in [2.05, 4.69) is 29.8 Å². The second-order valence-corrected chi connectivity index (χ2v) is 6.35. The second-order valence-electron chi connectivity index (χ2n) is 6.35. The lowest BCUT2D eigenvalue weighted by Crippen LogP contribution is -2.37. The van der Waals surface area contributed by atoms with Gasteiger partial charge in [0.1, 0.15) is 0 Å². The molecule has 0 N–H and O–H groups in total. The zero-order valence-corrected chi connectivity index (χ0v) is 13.0. The maximum atomic E-state index is 6.00. The fourth-order valence-corrected chi connectivity index (χ4v) is 2.64. The largest absolute Gasteiger partial charge is 0.496 e. The summed E-state index contributed by atoms with van der Waals surface area (Å²) in [5.41, 5.74) is 1.93. The van der Waals surface area contributed by atoms with Gasteiger partial charge < -0.3 is 14.0 Å². The molecule has 1 atom stereocenters. The van der Waals surface area contributed by atoms with Crippen molar-refractivity contribution in [2.45, 2.75) is 39.0 Å². The number of morpholine rings is 1. The third-order valence-corrected chi connectivity index (χ3v) is 4.32. The van der Waals surface area contributed by atoms with Crippen molar-refractivity contribution in [2.24, 2.45) is 0 Å². The predicted molar refractivity (Wildman–Crippen MR) is 81.4 cm³/mol. The molecular weight excluding hydrogens is 267 g/mol. The van der Waals surface area contributed by atoms with Crippen LogP contribution in [0.1, 0.15) is 26.3 Å². The lowest BCUT2D eigenvalue weighted by molar-refractivity contribution is 0.0341. The van der Waals surface area contributed by atoms with Crippen molar-refractivity contribution in [1.29, 1.82) is 0 Å². The van der Waals surface area contributed by atoms with E-state index in [1.165, 1.54) is 5.56 Å². The van der Waals surface area contributed by atoms with Crippen LogP contribution in [0.3, 0.4) is 0 Å². The van der Waals surface area contributed by atoms with Crippen LogP contribution in [0.15, 0.2) is 18.5 Å². The molecule has 2 aliphatic rings. The molecule has 21 heavy (non-hydrogen) atoms. The molecule has 0 spiro atoms. The van der Waals surface area contributed by atoms with Gasteiger partial charge in [0.15, 0.2) is 0 Å². The maximum absolute atomic E-state index is 6.00. The van der Waals surface area contributed by atoms with E-state index in [9.17, 15) is 0 Å². The van der Waals surface area contributed by atoms with E-state index in [0.717, 1.165) is 38.3 Å². The fourth-order valence-electron chi connectivity index (χ4n) is 2.64. The Morgan fingerprint density at radius 1 is 1.33 bits per heavy atom. The highest BCUT2D eigenvalue weighted by Crippen LogP contribution is 2.26. The first-order chi connectivity index (χ1) is 10.0. The minimum atomic E-state index is -0.313. The Kier molecular flexibility index (Phi) is 4.31. The van der Waals surface area contributed by atoms with Gasteiger partial charge in [-0.25, -0.2) is 0 Å². The van der Waals surface area contributed by atoms with Crippen LogP contribution in [0, 0.1) is 0 Å². The average molecular weight is 290 g/mol. The lowest BCUT2D eigenvalue weighted by atomic mass is 9.80. The van der Waals surface area contributed by atoms with Crippen LogP contribution in [-0.4, -0.2) is 55.0 Å². The van der Waals surface area contributed by atoms with E-state index in [-0.39, 0.29) is 18.8 Å². The Morgan fingerprint density at radius 3 is 2.76 bits per heavy atom. The monoisotopic (exact) mass is 290 g/mol. The number of hydrogen-bond acceptors (Lipinski definition) is 5. The molecule has 0 aliphatic carbocycles. The van der Waals surface area contributed by atoms with Gasteiger partial charge in [-0.2, -0.15) is 0 Å². The summed E-state index contributed by atoms with van der Waals surface area (Å²) in [5.74, 6) is 0. The van der Waals surface area contributed by atoms with E-state index in [0.29, 0.717) is 0 Å². The fraction of sp³-hybridized carbons (Fsp3) is 0.667. The van der Waals surface area contributed by atoms with Crippen LogP contribution in [0.5, 0.6) is 0 Å². The molecule has 6 heteroatoms. The molecule has 0 bridgehead atoms. The second kappa shape index (κ2) is 6.05. The summed E-state index contributed by atoms with van der Waals surface area (Å²) in [6, 6.07) is 2.14. The molecule has 1 unspecified atom stereocenters. The van der Waals surface area contributed by atoms with E-state index in [4.69, 9.17) is 14.0 Å². The standard InChI is InChI=1S/C15H23BN2O3/c1-12-15(2,3)21-16(20-12)14-8-13(9-17-10-14)11-18-4-6-19-7-5-18/h8-10,12H,4-7,11H2,1-3H3. The molecule has 2 saturated heterocycles. The molecule has 0 aromatic carbocycles. The summed E-state index contributed by atoms with van der Waals surface area (Å²) >= 11 is 0. The predicted octanol–water partition coefficient (Wildman–Crippen LogP) is 0.823. The number of aromatic nitrogens is 1. The molecule has 1 aromatic rings. The summed E-state index contributed by atoms with van der Waals surface area (Å²) in [7, 11) is -0.313. The molecule has 3 heterocycles. The summed E-state index contributed by atoms with van der Waals surface area (Å²) in [6.45, 7) is 10.6. The summed E-state index contributed by atoms with van der Waals surface area (Å²) in [6.07, 6.45) is 3.83. The smallest absolute Gasteiger partial charge is 0.402 e. The highest BCUT2D eigenvalue weighted by Gasteiger charge is 2.44. The van der Waals surface area contributed by atoms with Crippen LogP contribution in [0.4, 0.5) is 0 Å². The van der Waals surface area contributed by atoms with Gasteiger partial charge >= 0.3 is 7.12 Å². The Hall–Kier alpha value is -0.945. The van der Waals surface area contributed by atoms with E-state index >= 15 is 0 Å². The summed E-state index contributed by atoms with van der Waals surface area (Å²) < 4.78 is 17.3. The molecule has 0 amide bonds. The van der Waals surface area contributed by atoms with E-state index in [1.54, 1.807) is 0 Å². The maximum Gasteiger partial charge on any atom is 0.496 e. The molecule has 114 valence electrons. The van der Waals surface area contributed by atoms with Gasteiger partial charge in [-0.1, -0.05) is 6.07 Å². The van der Waals surface area contributed by atoms with Crippen LogP contribution in [0.25, 0.3) is 0 Å². The molecule has 3 rings (SSSR count). The number of hydrogen-bond donors (Lipinski definition) is 0. The highest BCUT2D eigenvalue weighted by molar-refractivity contribution is 6.61. The topological polar surface area (TPSA) is 43.8 Å². The zero-order valence-electron chi connectivity index (χ0n) is 13.0. The minimum Gasteiger partial charge on any atom is -0.402 e. The first kappa shape index (κ1) is 15.0. The average Bonchev–Trinajstić information content (AvgIpc) is 2.74. The van der Waals surface area contributed by atoms with Crippen molar-refractivity contribution in [3.05, 3.63) is 24.0 Å². The molecular formula is C15H23BN2O3. The Labute approximate surface area is 126 Å². The van der Waals surface area contributed by atoms with Crippen LogP contribution >= 0.6 is 0 Å². The highest BCUT2D eigenvalue weighted by atomic mass is 16.7. The number of pyridine rings is 1. The van der Waals surface area contributed by atoms with Gasteiger partial charge in [0.25, 0.3) is 0 Å². The van der Waals surface area contributed by atoms with Crippen molar-refractivity contribution in [1.82, 2.24) is 9.88 Å². The van der Waals surface area contributed by atoms with Crippen LogP contribution in [0.2, 0.25) is 0 Å². The van der Waals surface area contributed by atoms with Gasteiger partial charge in [-0.15, -0.1) is 0 Å². The summed E-state index contributed by atoms with van der Waals surface area (Å²) in [5, 5.41) is 0.